The number of rotatable bonds is 2. The molecule has 1 aliphatic carbocycles. The lowest BCUT2D eigenvalue weighted by atomic mass is 9.71. The highest BCUT2D eigenvalue weighted by Gasteiger charge is 2.41. The molecule has 1 unspecified atom stereocenters. The molecule has 0 saturated carbocycles. The summed E-state index contributed by atoms with van der Waals surface area (Å²) in [6, 6.07) is 35.4. The summed E-state index contributed by atoms with van der Waals surface area (Å²) < 4.78 is 0. The van der Waals surface area contributed by atoms with Crippen LogP contribution in [0.25, 0.3) is 22.3 Å². The minimum Gasteiger partial charge on any atom is -0.0622 e. The van der Waals surface area contributed by atoms with Gasteiger partial charge in [-0.2, -0.15) is 0 Å². The molecule has 0 nitrogen and oxygen atoms in total. The summed E-state index contributed by atoms with van der Waals surface area (Å²) in [7, 11) is 0. The van der Waals surface area contributed by atoms with Crippen molar-refractivity contribution < 1.29 is 0 Å². The fraction of sp³-hybridized carbons (Fsp3) is 0.111. The van der Waals surface area contributed by atoms with Gasteiger partial charge in [-0.15, -0.1) is 0 Å². The fourth-order valence-electron chi connectivity index (χ4n) is 4.68. The number of aryl methyl sites for hydroxylation is 1. The van der Waals surface area contributed by atoms with Crippen molar-refractivity contribution in [2.45, 2.75) is 19.3 Å². The predicted octanol–water partition coefficient (Wildman–Crippen LogP) is 7.00. The Morgan fingerprint density at radius 1 is 0.519 bits per heavy atom. The molecule has 4 aromatic carbocycles. The maximum atomic E-state index is 2.39. The molecule has 130 valence electrons. The van der Waals surface area contributed by atoms with E-state index in [-0.39, 0.29) is 5.41 Å². The van der Waals surface area contributed by atoms with E-state index in [0.29, 0.717) is 0 Å². The molecule has 27 heavy (non-hydrogen) atoms. The normalized spacial score (nSPS) is 17.4. The molecule has 0 bridgehead atoms. The second-order valence-electron chi connectivity index (χ2n) is 7.63. The molecular formula is C27H22. The van der Waals surface area contributed by atoms with Gasteiger partial charge in [-0.1, -0.05) is 103 Å². The molecule has 1 atom stereocenters. The van der Waals surface area contributed by atoms with Gasteiger partial charge in [-0.05, 0) is 52.8 Å². The fourth-order valence-corrected chi connectivity index (χ4v) is 4.68. The molecule has 4 aromatic rings. The molecule has 0 N–H and O–H groups in total. The summed E-state index contributed by atoms with van der Waals surface area (Å²) in [5.74, 6) is 0. The first-order valence-electron chi connectivity index (χ1n) is 9.55. The average molecular weight is 346 g/mol. The van der Waals surface area contributed by atoms with E-state index in [4.69, 9.17) is 0 Å². The van der Waals surface area contributed by atoms with E-state index in [1.807, 2.05) is 0 Å². The van der Waals surface area contributed by atoms with Crippen molar-refractivity contribution in [1.29, 1.82) is 0 Å². The Morgan fingerprint density at radius 2 is 1.07 bits per heavy atom. The molecule has 0 aliphatic heterocycles. The molecular weight excluding hydrogens is 324 g/mol. The van der Waals surface area contributed by atoms with Crippen molar-refractivity contribution >= 4 is 0 Å². The van der Waals surface area contributed by atoms with Gasteiger partial charge in [-0.25, -0.2) is 0 Å². The minimum absolute atomic E-state index is 0.162. The standard InChI is InChI=1S/C27H22/c1-19-16-17-23-22-13-7-9-15-25(22)27(2,26(23)18-19)24-14-8-6-12-21(24)20-10-4-3-5-11-20/h3-18H,1-2H3. The van der Waals surface area contributed by atoms with Crippen LogP contribution in [0.2, 0.25) is 0 Å². The van der Waals surface area contributed by atoms with Crippen LogP contribution in [0, 0.1) is 6.92 Å². The van der Waals surface area contributed by atoms with Crippen molar-refractivity contribution in [3.8, 4) is 22.3 Å². The first kappa shape index (κ1) is 16.1. The van der Waals surface area contributed by atoms with Gasteiger partial charge in [-0.3, -0.25) is 0 Å². The van der Waals surface area contributed by atoms with Crippen LogP contribution in [0.5, 0.6) is 0 Å². The maximum Gasteiger partial charge on any atom is 0.0441 e. The largest absolute Gasteiger partial charge is 0.0622 e. The lowest BCUT2D eigenvalue weighted by Crippen LogP contribution is -2.23. The summed E-state index contributed by atoms with van der Waals surface area (Å²) in [4.78, 5) is 0. The van der Waals surface area contributed by atoms with Gasteiger partial charge < -0.3 is 0 Å². The highest BCUT2D eigenvalue weighted by Crippen LogP contribution is 2.54. The van der Waals surface area contributed by atoms with E-state index in [2.05, 4.69) is 111 Å². The van der Waals surface area contributed by atoms with E-state index in [1.54, 1.807) is 0 Å². The van der Waals surface area contributed by atoms with Crippen LogP contribution >= 0.6 is 0 Å². The average Bonchev–Trinajstić information content (AvgIpc) is 2.98. The predicted molar refractivity (Wildman–Crippen MR) is 114 cm³/mol. The second kappa shape index (κ2) is 5.96. The molecule has 0 amide bonds. The van der Waals surface area contributed by atoms with Crippen LogP contribution in [-0.4, -0.2) is 0 Å². The molecule has 0 aromatic heterocycles. The monoisotopic (exact) mass is 346 g/mol. The Bertz CT molecular complexity index is 1140. The van der Waals surface area contributed by atoms with Crippen molar-refractivity contribution in [2.24, 2.45) is 0 Å². The number of benzene rings is 4. The molecule has 5 rings (SSSR count). The maximum absolute atomic E-state index is 2.39. The van der Waals surface area contributed by atoms with Gasteiger partial charge in [0.1, 0.15) is 0 Å². The zero-order chi connectivity index (χ0) is 18.4. The lowest BCUT2D eigenvalue weighted by molar-refractivity contribution is 0.715. The topological polar surface area (TPSA) is 0 Å². The first-order chi connectivity index (χ1) is 13.2. The smallest absolute Gasteiger partial charge is 0.0441 e. The van der Waals surface area contributed by atoms with Crippen LogP contribution in [0.4, 0.5) is 0 Å². The molecule has 0 radical (unpaired) electrons. The number of hydrogen-bond acceptors (Lipinski definition) is 0. The van der Waals surface area contributed by atoms with Gasteiger partial charge in [0.25, 0.3) is 0 Å². The number of hydrogen-bond donors (Lipinski definition) is 0. The van der Waals surface area contributed by atoms with E-state index in [1.165, 1.54) is 44.5 Å². The van der Waals surface area contributed by atoms with E-state index < -0.39 is 0 Å². The summed E-state index contributed by atoms with van der Waals surface area (Å²) in [6.45, 7) is 4.58. The summed E-state index contributed by atoms with van der Waals surface area (Å²) in [5, 5.41) is 0. The van der Waals surface area contributed by atoms with Crippen molar-refractivity contribution in [1.82, 2.24) is 0 Å². The Labute approximate surface area is 161 Å². The van der Waals surface area contributed by atoms with Crippen molar-refractivity contribution in [2.75, 3.05) is 0 Å². The molecule has 0 fully saturated rings. The summed E-state index contributed by atoms with van der Waals surface area (Å²) in [5.41, 5.74) is 10.6. The van der Waals surface area contributed by atoms with Crippen molar-refractivity contribution in [3.63, 3.8) is 0 Å². The highest BCUT2D eigenvalue weighted by molar-refractivity contribution is 5.85. The van der Waals surface area contributed by atoms with Crippen molar-refractivity contribution in [3.05, 3.63) is 119 Å². The SMILES string of the molecule is Cc1ccc2c(c1)C(C)(c1ccccc1-c1ccccc1)c1ccccc1-2. The van der Waals surface area contributed by atoms with Gasteiger partial charge in [0.05, 0.1) is 0 Å². The molecule has 0 heteroatoms. The zero-order valence-corrected chi connectivity index (χ0v) is 15.7. The minimum atomic E-state index is -0.162. The van der Waals surface area contributed by atoms with E-state index in [0.717, 1.165) is 0 Å². The Hall–Kier alpha value is -3.12. The second-order valence-corrected chi connectivity index (χ2v) is 7.63. The quantitative estimate of drug-likeness (QED) is 0.367. The van der Waals surface area contributed by atoms with Crippen LogP contribution < -0.4 is 0 Å². The first-order valence-corrected chi connectivity index (χ1v) is 9.55. The zero-order valence-electron chi connectivity index (χ0n) is 15.7. The molecule has 1 aliphatic rings. The lowest BCUT2D eigenvalue weighted by Gasteiger charge is -2.31. The van der Waals surface area contributed by atoms with E-state index >= 15 is 0 Å². The van der Waals surface area contributed by atoms with Crippen LogP contribution in [0.3, 0.4) is 0 Å². The van der Waals surface area contributed by atoms with E-state index in [9.17, 15) is 0 Å². The molecule has 0 saturated heterocycles. The Morgan fingerprint density at radius 3 is 1.81 bits per heavy atom. The van der Waals surface area contributed by atoms with Gasteiger partial charge >= 0.3 is 0 Å². The summed E-state index contributed by atoms with van der Waals surface area (Å²) >= 11 is 0. The molecule has 0 heterocycles. The third kappa shape index (κ3) is 2.30. The van der Waals surface area contributed by atoms with Gasteiger partial charge in [0.15, 0.2) is 0 Å². The third-order valence-corrected chi connectivity index (χ3v) is 6.02. The number of fused-ring (bicyclic) bond motifs is 3. The Kier molecular flexibility index (Phi) is 3.55. The molecule has 0 spiro atoms. The third-order valence-electron chi connectivity index (χ3n) is 6.02. The highest BCUT2D eigenvalue weighted by atomic mass is 14.4. The Balaban J connectivity index is 1.86. The van der Waals surface area contributed by atoms with Crippen LogP contribution in [0.1, 0.15) is 29.2 Å². The summed E-state index contributed by atoms with van der Waals surface area (Å²) in [6.07, 6.45) is 0. The van der Waals surface area contributed by atoms with Crippen LogP contribution in [0.15, 0.2) is 97.1 Å². The van der Waals surface area contributed by atoms with Gasteiger partial charge in [0.2, 0.25) is 0 Å². The van der Waals surface area contributed by atoms with Gasteiger partial charge in [0, 0.05) is 5.41 Å². The van der Waals surface area contributed by atoms with Crippen LogP contribution in [-0.2, 0) is 5.41 Å².